The standard InChI is InChI=1S/C14H18ClNO4/c1-9(7-17)3-2-4-16-14(18)10-5-11(15)13-12(6-10)19-8-20-13/h5-6,9,17H,2-4,7-8H2,1H3,(H,16,18). The van der Waals surface area contributed by atoms with Crippen molar-refractivity contribution in [3.63, 3.8) is 0 Å². The van der Waals surface area contributed by atoms with Gasteiger partial charge in [0.25, 0.3) is 5.91 Å². The first kappa shape index (κ1) is 14.9. The number of aliphatic hydroxyl groups excluding tert-OH is 1. The number of aliphatic hydroxyl groups is 1. The highest BCUT2D eigenvalue weighted by atomic mass is 35.5. The lowest BCUT2D eigenvalue weighted by Crippen LogP contribution is -2.24. The third-order valence-corrected chi connectivity index (χ3v) is 3.44. The molecule has 1 aromatic carbocycles. The molecule has 1 unspecified atom stereocenters. The molecule has 6 heteroatoms. The summed E-state index contributed by atoms with van der Waals surface area (Å²) in [6.07, 6.45) is 1.70. The van der Waals surface area contributed by atoms with Crippen molar-refractivity contribution in [2.24, 2.45) is 5.92 Å². The third-order valence-electron chi connectivity index (χ3n) is 3.16. The summed E-state index contributed by atoms with van der Waals surface area (Å²) in [4.78, 5) is 12.0. The van der Waals surface area contributed by atoms with Crippen LogP contribution in [0.15, 0.2) is 12.1 Å². The van der Waals surface area contributed by atoms with Crippen LogP contribution in [-0.2, 0) is 0 Å². The van der Waals surface area contributed by atoms with E-state index in [9.17, 15) is 4.79 Å². The van der Waals surface area contributed by atoms with Gasteiger partial charge in [0.2, 0.25) is 6.79 Å². The van der Waals surface area contributed by atoms with Crippen molar-refractivity contribution in [1.82, 2.24) is 5.32 Å². The summed E-state index contributed by atoms with van der Waals surface area (Å²) in [6.45, 7) is 2.83. The number of carbonyl (C=O) groups is 1. The van der Waals surface area contributed by atoms with Gasteiger partial charge in [-0.3, -0.25) is 4.79 Å². The molecule has 0 fully saturated rings. The molecule has 1 aromatic rings. The number of nitrogens with one attached hydrogen (secondary N) is 1. The number of hydrogen-bond donors (Lipinski definition) is 2. The molecule has 1 atom stereocenters. The minimum Gasteiger partial charge on any atom is -0.454 e. The van der Waals surface area contributed by atoms with E-state index in [-0.39, 0.29) is 25.2 Å². The van der Waals surface area contributed by atoms with E-state index >= 15 is 0 Å². The lowest BCUT2D eigenvalue weighted by atomic mass is 10.1. The molecule has 0 aromatic heterocycles. The van der Waals surface area contributed by atoms with Crippen molar-refractivity contribution >= 4 is 17.5 Å². The van der Waals surface area contributed by atoms with E-state index in [0.717, 1.165) is 12.8 Å². The van der Waals surface area contributed by atoms with Crippen LogP contribution in [0.25, 0.3) is 0 Å². The third kappa shape index (κ3) is 3.55. The molecule has 0 aliphatic carbocycles. The monoisotopic (exact) mass is 299 g/mol. The van der Waals surface area contributed by atoms with Crippen LogP contribution in [0.3, 0.4) is 0 Å². The molecule has 2 rings (SSSR count). The smallest absolute Gasteiger partial charge is 0.251 e. The minimum atomic E-state index is -0.193. The number of rotatable bonds is 6. The lowest BCUT2D eigenvalue weighted by molar-refractivity contribution is 0.0951. The fourth-order valence-corrected chi connectivity index (χ4v) is 2.21. The summed E-state index contributed by atoms with van der Waals surface area (Å²) in [7, 11) is 0. The first-order valence-electron chi connectivity index (χ1n) is 6.60. The number of hydrogen-bond acceptors (Lipinski definition) is 4. The van der Waals surface area contributed by atoms with Gasteiger partial charge in [-0.15, -0.1) is 0 Å². The molecule has 2 N–H and O–H groups in total. The van der Waals surface area contributed by atoms with Crippen LogP contribution >= 0.6 is 11.6 Å². The number of fused-ring (bicyclic) bond motifs is 1. The largest absolute Gasteiger partial charge is 0.454 e. The summed E-state index contributed by atoms with van der Waals surface area (Å²) in [5, 5.41) is 12.1. The molecule has 1 heterocycles. The van der Waals surface area contributed by atoms with Gasteiger partial charge >= 0.3 is 0 Å². The Labute approximate surface area is 122 Å². The van der Waals surface area contributed by atoms with E-state index in [2.05, 4.69) is 5.32 Å². The summed E-state index contributed by atoms with van der Waals surface area (Å²) in [5.74, 6) is 1.05. The molecule has 0 spiro atoms. The maximum absolute atomic E-state index is 12.0. The number of benzene rings is 1. The Kier molecular flexibility index (Phi) is 5.09. The number of halogens is 1. The zero-order valence-corrected chi connectivity index (χ0v) is 12.1. The van der Waals surface area contributed by atoms with E-state index in [0.29, 0.717) is 28.6 Å². The summed E-state index contributed by atoms with van der Waals surface area (Å²) in [6, 6.07) is 3.20. The van der Waals surface area contributed by atoms with E-state index in [1.165, 1.54) is 0 Å². The normalized spacial score (nSPS) is 14.2. The van der Waals surface area contributed by atoms with Crippen molar-refractivity contribution in [1.29, 1.82) is 0 Å². The minimum absolute atomic E-state index is 0.124. The highest BCUT2D eigenvalue weighted by Crippen LogP contribution is 2.39. The van der Waals surface area contributed by atoms with Crippen LogP contribution in [0.2, 0.25) is 5.02 Å². The fourth-order valence-electron chi connectivity index (χ4n) is 1.94. The Hall–Kier alpha value is -1.46. The molecule has 0 saturated heterocycles. The predicted octanol–water partition coefficient (Wildman–Crippen LogP) is 2.21. The molecule has 1 aliphatic rings. The lowest BCUT2D eigenvalue weighted by Gasteiger charge is -2.09. The molecular weight excluding hydrogens is 282 g/mol. The molecule has 0 bridgehead atoms. The Balaban J connectivity index is 1.88. The summed E-state index contributed by atoms with van der Waals surface area (Å²) in [5.41, 5.74) is 0.453. The van der Waals surface area contributed by atoms with Crippen molar-refractivity contribution in [2.75, 3.05) is 19.9 Å². The molecular formula is C14H18ClNO4. The Morgan fingerprint density at radius 1 is 1.50 bits per heavy atom. The van der Waals surface area contributed by atoms with Crippen LogP contribution < -0.4 is 14.8 Å². The second-order valence-electron chi connectivity index (χ2n) is 4.88. The van der Waals surface area contributed by atoms with Crippen molar-refractivity contribution in [3.05, 3.63) is 22.7 Å². The van der Waals surface area contributed by atoms with Crippen LogP contribution in [0.4, 0.5) is 0 Å². The first-order chi connectivity index (χ1) is 9.61. The van der Waals surface area contributed by atoms with Crippen molar-refractivity contribution in [3.8, 4) is 11.5 Å². The van der Waals surface area contributed by atoms with Crippen molar-refractivity contribution in [2.45, 2.75) is 19.8 Å². The highest BCUT2D eigenvalue weighted by molar-refractivity contribution is 6.32. The second-order valence-corrected chi connectivity index (χ2v) is 5.28. The van der Waals surface area contributed by atoms with E-state index in [4.69, 9.17) is 26.2 Å². The SMILES string of the molecule is CC(CO)CCCNC(=O)c1cc(Cl)c2c(c1)OCO2. The maximum atomic E-state index is 12.0. The predicted molar refractivity (Wildman–Crippen MR) is 75.4 cm³/mol. The molecule has 0 saturated carbocycles. The van der Waals surface area contributed by atoms with Crippen LogP contribution in [0, 0.1) is 5.92 Å². The Bertz CT molecular complexity index is 492. The van der Waals surface area contributed by atoms with Gasteiger partial charge in [0.05, 0.1) is 5.02 Å². The molecule has 20 heavy (non-hydrogen) atoms. The van der Waals surface area contributed by atoms with E-state index < -0.39 is 0 Å². The van der Waals surface area contributed by atoms with Gasteiger partial charge in [-0.05, 0) is 30.9 Å². The van der Waals surface area contributed by atoms with Gasteiger partial charge in [-0.25, -0.2) is 0 Å². The quantitative estimate of drug-likeness (QED) is 0.790. The van der Waals surface area contributed by atoms with Gasteiger partial charge in [-0.2, -0.15) is 0 Å². The zero-order chi connectivity index (χ0) is 14.5. The van der Waals surface area contributed by atoms with Crippen LogP contribution in [0.5, 0.6) is 11.5 Å². The van der Waals surface area contributed by atoms with Gasteiger partial charge in [0, 0.05) is 18.7 Å². The van der Waals surface area contributed by atoms with Gasteiger partial charge in [0.15, 0.2) is 11.5 Å². The number of amides is 1. The average Bonchev–Trinajstić information content (AvgIpc) is 2.91. The Morgan fingerprint density at radius 3 is 3.05 bits per heavy atom. The summed E-state index contributed by atoms with van der Waals surface area (Å²) >= 11 is 6.03. The second kappa shape index (κ2) is 6.81. The molecule has 5 nitrogen and oxygen atoms in total. The highest BCUT2D eigenvalue weighted by Gasteiger charge is 2.20. The molecule has 0 radical (unpaired) electrons. The summed E-state index contributed by atoms with van der Waals surface area (Å²) < 4.78 is 10.4. The van der Waals surface area contributed by atoms with Gasteiger partial charge < -0.3 is 19.9 Å². The number of ether oxygens (including phenoxy) is 2. The van der Waals surface area contributed by atoms with Gasteiger partial charge in [0.1, 0.15) is 0 Å². The zero-order valence-electron chi connectivity index (χ0n) is 11.3. The van der Waals surface area contributed by atoms with Crippen LogP contribution in [-0.4, -0.2) is 31.0 Å². The van der Waals surface area contributed by atoms with Crippen LogP contribution in [0.1, 0.15) is 30.1 Å². The maximum Gasteiger partial charge on any atom is 0.251 e. The topological polar surface area (TPSA) is 67.8 Å². The molecule has 110 valence electrons. The van der Waals surface area contributed by atoms with Crippen molar-refractivity contribution < 1.29 is 19.4 Å². The molecule has 1 aliphatic heterocycles. The fraction of sp³-hybridized carbons (Fsp3) is 0.500. The van der Waals surface area contributed by atoms with E-state index in [1.54, 1.807) is 12.1 Å². The van der Waals surface area contributed by atoms with Gasteiger partial charge in [-0.1, -0.05) is 18.5 Å². The first-order valence-corrected chi connectivity index (χ1v) is 6.97. The molecule has 1 amide bonds. The van der Waals surface area contributed by atoms with E-state index in [1.807, 2.05) is 6.92 Å². The Morgan fingerprint density at radius 2 is 2.30 bits per heavy atom. The number of carbonyl (C=O) groups excluding carboxylic acids is 1. The average molecular weight is 300 g/mol.